The maximum Gasteiger partial charge on any atom is 0.234 e. The van der Waals surface area contributed by atoms with Crippen LogP contribution in [0.2, 0.25) is 0 Å². The van der Waals surface area contributed by atoms with Crippen molar-refractivity contribution >= 4 is 0 Å². The molecule has 124 valence electrons. The van der Waals surface area contributed by atoms with Crippen molar-refractivity contribution in [1.82, 2.24) is 0 Å². The third kappa shape index (κ3) is 6.18. The summed E-state index contributed by atoms with van der Waals surface area (Å²) in [5, 5.41) is 8.74. The number of hydrogen-bond acceptors (Lipinski definition) is 6. The topological polar surface area (TPSA) is 66.4 Å². The minimum atomic E-state index is -0.879. The minimum absolute atomic E-state index is 0.302. The van der Waals surface area contributed by atoms with Crippen molar-refractivity contribution in [2.75, 3.05) is 6.61 Å². The lowest BCUT2D eigenvalue weighted by Gasteiger charge is -2.33. The molecule has 6 nitrogen and oxygen atoms in total. The van der Waals surface area contributed by atoms with Gasteiger partial charge in [-0.3, -0.25) is 0 Å². The molecule has 0 bridgehead atoms. The van der Waals surface area contributed by atoms with Crippen LogP contribution in [0.1, 0.15) is 77.0 Å². The largest absolute Gasteiger partial charge is 0.249 e. The molecular weight excluding hydrogens is 276 g/mol. The van der Waals surface area contributed by atoms with E-state index < -0.39 is 12.1 Å². The van der Waals surface area contributed by atoms with Gasteiger partial charge in [0.15, 0.2) is 0 Å². The lowest BCUT2D eigenvalue weighted by Crippen LogP contribution is -2.40. The van der Waals surface area contributed by atoms with Crippen LogP contribution in [0, 0.1) is 0 Å². The Labute approximate surface area is 126 Å². The first-order chi connectivity index (χ1) is 10.3. The van der Waals surface area contributed by atoms with E-state index in [0.29, 0.717) is 13.0 Å². The maximum atomic E-state index is 8.74. The predicted molar refractivity (Wildman–Crippen MR) is 74.8 cm³/mol. The summed E-state index contributed by atoms with van der Waals surface area (Å²) in [6.07, 6.45) is 11.8. The molecule has 1 N–H and O–H groups in total. The van der Waals surface area contributed by atoms with Gasteiger partial charge < -0.3 is 0 Å². The van der Waals surface area contributed by atoms with E-state index >= 15 is 0 Å². The van der Waals surface area contributed by atoms with Crippen molar-refractivity contribution in [3.05, 3.63) is 0 Å². The molecule has 1 spiro atoms. The zero-order valence-corrected chi connectivity index (χ0v) is 12.8. The van der Waals surface area contributed by atoms with Crippen molar-refractivity contribution in [2.24, 2.45) is 0 Å². The summed E-state index contributed by atoms with van der Waals surface area (Å²) in [7, 11) is 0. The Kier molecular flexibility index (Phi) is 7.92. The summed E-state index contributed by atoms with van der Waals surface area (Å²) in [5.74, 6) is -0.879. The Balaban J connectivity index is 1.91. The molecule has 1 aliphatic carbocycles. The van der Waals surface area contributed by atoms with Crippen LogP contribution in [-0.2, 0) is 24.4 Å². The van der Waals surface area contributed by atoms with Gasteiger partial charge in [0.1, 0.15) is 0 Å². The van der Waals surface area contributed by atoms with Crippen molar-refractivity contribution in [2.45, 2.75) is 89.1 Å². The van der Waals surface area contributed by atoms with E-state index in [4.69, 9.17) is 24.8 Å². The molecule has 0 radical (unpaired) electrons. The van der Waals surface area contributed by atoms with E-state index in [2.05, 4.69) is 4.89 Å². The zero-order chi connectivity index (χ0) is 14.8. The molecule has 0 amide bonds. The SMILES string of the molecule is OOC1CCOOC2(CCCCCCCCCCC2)OO1. The molecule has 2 rings (SSSR count). The van der Waals surface area contributed by atoms with Crippen LogP contribution in [0.5, 0.6) is 0 Å². The van der Waals surface area contributed by atoms with E-state index in [-0.39, 0.29) is 0 Å². The molecule has 0 aromatic heterocycles. The first kappa shape index (κ1) is 17.1. The first-order valence-corrected chi connectivity index (χ1v) is 8.30. The Morgan fingerprint density at radius 2 is 1.38 bits per heavy atom. The van der Waals surface area contributed by atoms with E-state index in [0.717, 1.165) is 38.5 Å². The lowest BCUT2D eigenvalue weighted by molar-refractivity contribution is -0.568. The molecule has 1 saturated carbocycles. The van der Waals surface area contributed by atoms with Crippen LogP contribution >= 0.6 is 0 Å². The zero-order valence-electron chi connectivity index (χ0n) is 12.8. The second kappa shape index (κ2) is 9.71. The van der Waals surface area contributed by atoms with Crippen molar-refractivity contribution in [1.29, 1.82) is 0 Å². The Morgan fingerprint density at radius 1 is 0.810 bits per heavy atom. The van der Waals surface area contributed by atoms with Crippen LogP contribution < -0.4 is 0 Å². The summed E-state index contributed by atoms with van der Waals surface area (Å²) >= 11 is 0. The monoisotopic (exact) mass is 304 g/mol. The van der Waals surface area contributed by atoms with Crippen LogP contribution in [0.4, 0.5) is 0 Å². The molecule has 1 atom stereocenters. The maximum absolute atomic E-state index is 8.74. The Bertz CT molecular complexity index is 261. The minimum Gasteiger partial charge on any atom is -0.249 e. The number of rotatable bonds is 1. The molecular formula is C15H28O6. The molecule has 0 aromatic rings. The molecule has 2 fully saturated rings. The molecule has 1 saturated heterocycles. The summed E-state index contributed by atoms with van der Waals surface area (Å²) in [6.45, 7) is 0.302. The van der Waals surface area contributed by atoms with Gasteiger partial charge in [-0.1, -0.05) is 44.9 Å². The smallest absolute Gasteiger partial charge is 0.234 e. The molecule has 0 aromatic carbocycles. The van der Waals surface area contributed by atoms with Crippen LogP contribution in [0.3, 0.4) is 0 Å². The van der Waals surface area contributed by atoms with Gasteiger partial charge in [0, 0.05) is 19.3 Å². The van der Waals surface area contributed by atoms with Crippen molar-refractivity contribution in [3.63, 3.8) is 0 Å². The summed E-state index contributed by atoms with van der Waals surface area (Å²) in [5.41, 5.74) is 0. The van der Waals surface area contributed by atoms with Gasteiger partial charge in [0.25, 0.3) is 0 Å². The van der Waals surface area contributed by atoms with Crippen LogP contribution in [0.15, 0.2) is 0 Å². The predicted octanol–water partition coefficient (Wildman–Crippen LogP) is 4.10. The molecule has 1 heterocycles. The number of hydrogen-bond donors (Lipinski definition) is 1. The molecule has 1 unspecified atom stereocenters. The highest BCUT2D eigenvalue weighted by atomic mass is 17.3. The van der Waals surface area contributed by atoms with E-state index in [9.17, 15) is 0 Å². The lowest BCUT2D eigenvalue weighted by atomic mass is 9.97. The summed E-state index contributed by atoms with van der Waals surface area (Å²) in [6, 6.07) is 0. The van der Waals surface area contributed by atoms with Gasteiger partial charge in [0.2, 0.25) is 12.1 Å². The quantitative estimate of drug-likeness (QED) is 0.581. The van der Waals surface area contributed by atoms with E-state index in [1.54, 1.807) is 0 Å². The highest BCUT2D eigenvalue weighted by molar-refractivity contribution is 4.69. The fraction of sp³-hybridized carbons (Fsp3) is 1.00. The molecule has 21 heavy (non-hydrogen) atoms. The first-order valence-electron chi connectivity index (χ1n) is 8.30. The van der Waals surface area contributed by atoms with Crippen molar-refractivity contribution < 1.29 is 29.7 Å². The van der Waals surface area contributed by atoms with E-state index in [1.807, 2.05) is 0 Å². The van der Waals surface area contributed by atoms with Gasteiger partial charge in [-0.15, -0.1) is 0 Å². The summed E-state index contributed by atoms with van der Waals surface area (Å²) < 4.78 is 0. The molecule has 1 aliphatic heterocycles. The second-order valence-electron chi connectivity index (χ2n) is 6.00. The van der Waals surface area contributed by atoms with Gasteiger partial charge in [-0.05, 0) is 12.8 Å². The third-order valence-corrected chi connectivity index (χ3v) is 4.19. The average Bonchev–Trinajstić information content (AvgIpc) is 2.47. The third-order valence-electron chi connectivity index (χ3n) is 4.19. The van der Waals surface area contributed by atoms with Crippen LogP contribution in [-0.4, -0.2) is 23.9 Å². The fourth-order valence-electron chi connectivity index (χ4n) is 2.88. The Morgan fingerprint density at radius 3 is 1.95 bits per heavy atom. The fourth-order valence-corrected chi connectivity index (χ4v) is 2.88. The van der Waals surface area contributed by atoms with Crippen molar-refractivity contribution in [3.8, 4) is 0 Å². The second-order valence-corrected chi connectivity index (χ2v) is 6.00. The highest BCUT2D eigenvalue weighted by Crippen LogP contribution is 2.32. The van der Waals surface area contributed by atoms with E-state index in [1.165, 1.54) is 32.1 Å². The van der Waals surface area contributed by atoms with Gasteiger partial charge in [0.05, 0.1) is 6.61 Å². The molecule has 6 heteroatoms. The summed E-state index contributed by atoms with van der Waals surface area (Å²) in [4.78, 5) is 25.6. The standard InChI is InChI=1S/C15H28O6/c16-18-14-10-13-17-20-15(21-19-14)11-8-6-4-2-1-3-5-7-9-12-15/h14,16H,1-13H2. The normalized spacial score (nSPS) is 29.9. The van der Waals surface area contributed by atoms with Gasteiger partial charge in [-0.25, -0.2) is 15.0 Å². The molecule has 2 aliphatic rings. The highest BCUT2D eigenvalue weighted by Gasteiger charge is 2.37. The van der Waals surface area contributed by atoms with Gasteiger partial charge >= 0.3 is 0 Å². The van der Waals surface area contributed by atoms with Crippen LogP contribution in [0.25, 0.3) is 0 Å². The Hall–Kier alpha value is -0.240. The van der Waals surface area contributed by atoms with Gasteiger partial charge in [-0.2, -0.15) is 14.7 Å². The average molecular weight is 304 g/mol.